The Morgan fingerprint density at radius 2 is 1.48 bits per heavy atom. The molecule has 0 spiro atoms. The molecular formula is C49H54N4Na2O12S2. The first-order chi connectivity index (χ1) is 32.3. The van der Waals surface area contributed by atoms with Crippen LogP contribution in [0, 0.1) is 0 Å². The van der Waals surface area contributed by atoms with Crippen LogP contribution in [0.1, 0.15) is 93.6 Å². The minimum absolute atomic E-state index is 0. The molecule has 16 nitrogen and oxygen atoms in total. The minimum Gasteiger partial charge on any atom is -0.744 e. The van der Waals surface area contributed by atoms with Crippen molar-refractivity contribution in [2.75, 3.05) is 29.3 Å². The van der Waals surface area contributed by atoms with Gasteiger partial charge in [0.15, 0.2) is 5.75 Å². The number of rotatable bonds is 25. The molecule has 0 aliphatic carbocycles. The summed E-state index contributed by atoms with van der Waals surface area (Å²) in [7, 11) is -4.98. The van der Waals surface area contributed by atoms with Gasteiger partial charge in [-0.05, 0) is 110 Å². The van der Waals surface area contributed by atoms with Gasteiger partial charge < -0.3 is 45.6 Å². The number of ether oxygens (including phenoxy) is 2. The maximum Gasteiger partial charge on any atom is 1.00 e. The van der Waals surface area contributed by atoms with Crippen LogP contribution < -0.4 is 95.3 Å². The molecule has 6 N–H and O–H groups in total. The van der Waals surface area contributed by atoms with E-state index in [2.05, 4.69) is 62.9 Å². The topological polar surface area (TPSA) is 240 Å². The zero-order valence-electron chi connectivity index (χ0n) is 39.4. The van der Waals surface area contributed by atoms with E-state index in [0.717, 1.165) is 56.9 Å². The third kappa shape index (κ3) is 15.9. The number of benzene rings is 6. The number of carbonyl (C=O) groups is 2. The largest absolute Gasteiger partial charge is 1.00 e. The minimum atomic E-state index is -4.98. The molecule has 6 aromatic carbocycles. The van der Waals surface area contributed by atoms with E-state index < -0.39 is 32.6 Å². The van der Waals surface area contributed by atoms with Crippen molar-refractivity contribution in [2.45, 2.75) is 94.8 Å². The fraction of sp³-hybridized carbons (Fsp3) is 0.306. The van der Waals surface area contributed by atoms with E-state index >= 15 is 0 Å². The Morgan fingerprint density at radius 3 is 2.16 bits per heavy atom. The average Bonchev–Trinajstić information content (AvgIpc) is 3.30. The predicted octanol–water partition coefficient (Wildman–Crippen LogP) is 3.79. The molecule has 2 amide bonds. The number of fused-ring (bicyclic) bond motifs is 2. The fourth-order valence-electron chi connectivity index (χ4n) is 7.57. The normalized spacial score (nSPS) is 11.1. The van der Waals surface area contributed by atoms with E-state index in [9.17, 15) is 38.0 Å². The number of amides is 2. The molecule has 69 heavy (non-hydrogen) atoms. The summed E-state index contributed by atoms with van der Waals surface area (Å²) in [4.78, 5) is 24.9. The molecule has 6 aromatic rings. The molecule has 0 aromatic heterocycles. The van der Waals surface area contributed by atoms with Crippen molar-refractivity contribution in [3.63, 3.8) is 0 Å². The summed E-state index contributed by atoms with van der Waals surface area (Å²) >= 11 is 0.381. The first kappa shape index (κ1) is 57.3. The van der Waals surface area contributed by atoms with Crippen LogP contribution in [0.3, 0.4) is 0 Å². The number of phenolic OH excluding ortho intramolecular Hbond substituents is 2. The summed E-state index contributed by atoms with van der Waals surface area (Å²) in [6.45, 7) is 6.46. The number of carbonyl (C=O) groups excluding carboxylic acids is 2. The summed E-state index contributed by atoms with van der Waals surface area (Å²) in [6, 6.07) is 24.8. The maximum atomic E-state index is 13.5. The Bertz CT molecular complexity index is 2800. The maximum absolute atomic E-state index is 13.5. The SMILES string of the molecule is CCCCCc1ccc(OCCCCNC(=O)c2cc(Oc3ccc(NNc4c(SOO[O-])cc5cc(S(=O)(=O)[O-])cc(NC(C)=O)c5c4O)cc3)c3ccccc3c2O)c(CCCCC)c1.[Na+].[Na+]. The Balaban J connectivity index is 0.00000518. The molecule has 6 rings (SSSR count). The van der Waals surface area contributed by atoms with Crippen LogP contribution in [0.5, 0.6) is 28.7 Å². The van der Waals surface area contributed by atoms with Gasteiger partial charge in [0, 0.05) is 29.6 Å². The number of nitrogens with one attached hydrogen (secondary N) is 4. The van der Waals surface area contributed by atoms with Crippen molar-refractivity contribution in [1.82, 2.24) is 5.32 Å². The molecule has 0 radical (unpaired) electrons. The Labute approximate surface area is 450 Å². The quantitative estimate of drug-likeness (QED) is 0.00910. The molecule has 0 aliphatic rings. The molecule has 0 heterocycles. The number of hydrogen-bond donors (Lipinski definition) is 6. The molecule has 20 heteroatoms. The number of phenols is 2. The second kappa shape index (κ2) is 27.9. The zero-order chi connectivity index (χ0) is 47.9. The smallest absolute Gasteiger partial charge is 0.744 e. The molecule has 356 valence electrons. The van der Waals surface area contributed by atoms with Crippen LogP contribution in [-0.4, -0.2) is 48.1 Å². The van der Waals surface area contributed by atoms with E-state index in [-0.39, 0.29) is 97.5 Å². The van der Waals surface area contributed by atoms with E-state index in [0.29, 0.717) is 59.6 Å². The van der Waals surface area contributed by atoms with Crippen molar-refractivity contribution in [2.24, 2.45) is 0 Å². The van der Waals surface area contributed by atoms with E-state index in [4.69, 9.17) is 9.47 Å². The van der Waals surface area contributed by atoms with Gasteiger partial charge in [0.05, 0.1) is 45.4 Å². The average molecular weight is 1000 g/mol. The predicted molar refractivity (Wildman–Crippen MR) is 255 cm³/mol. The summed E-state index contributed by atoms with van der Waals surface area (Å²) in [5.74, 6) is -0.125. The number of aryl methyl sites for hydroxylation is 2. The zero-order valence-corrected chi connectivity index (χ0v) is 45.1. The molecule has 0 fully saturated rings. The molecule has 0 saturated carbocycles. The van der Waals surface area contributed by atoms with Crippen molar-refractivity contribution in [1.29, 1.82) is 0 Å². The van der Waals surface area contributed by atoms with Crippen molar-refractivity contribution < 1.29 is 116 Å². The first-order valence-electron chi connectivity index (χ1n) is 22.1. The molecule has 0 unspecified atom stereocenters. The van der Waals surface area contributed by atoms with E-state index in [1.165, 1.54) is 48.9 Å². The summed E-state index contributed by atoms with van der Waals surface area (Å²) in [5, 5.41) is 43.2. The summed E-state index contributed by atoms with van der Waals surface area (Å²) in [6.07, 6.45) is 10.5. The number of hydrogen-bond acceptors (Lipinski definition) is 15. The van der Waals surface area contributed by atoms with Gasteiger partial charge in [-0.15, -0.1) is 0 Å². The molecule has 0 atom stereocenters. The van der Waals surface area contributed by atoms with Gasteiger partial charge in [-0.3, -0.25) is 20.1 Å². The second-order valence-corrected chi connectivity index (χ2v) is 18.0. The van der Waals surface area contributed by atoms with E-state index in [1.54, 1.807) is 48.5 Å². The van der Waals surface area contributed by atoms with Gasteiger partial charge in [0.25, 0.3) is 5.91 Å². The monoisotopic (exact) mass is 1000 g/mol. The first-order valence-corrected chi connectivity index (χ1v) is 24.2. The van der Waals surface area contributed by atoms with Crippen molar-refractivity contribution in [3.8, 4) is 28.7 Å². The van der Waals surface area contributed by atoms with Crippen molar-refractivity contribution in [3.05, 3.63) is 108 Å². The van der Waals surface area contributed by atoms with Crippen molar-refractivity contribution >= 4 is 72.6 Å². The van der Waals surface area contributed by atoms with Crippen LogP contribution in [-0.2, 0) is 37.1 Å². The number of anilines is 3. The van der Waals surface area contributed by atoms with Crippen LogP contribution in [0.25, 0.3) is 21.5 Å². The van der Waals surface area contributed by atoms with Gasteiger partial charge in [-0.1, -0.05) is 75.9 Å². The third-order valence-electron chi connectivity index (χ3n) is 10.9. The molecule has 0 saturated heterocycles. The third-order valence-corrected chi connectivity index (χ3v) is 12.3. The summed E-state index contributed by atoms with van der Waals surface area (Å²) < 4.78 is 52.7. The number of aromatic hydroxyl groups is 2. The second-order valence-electron chi connectivity index (χ2n) is 15.9. The number of unbranched alkanes of at least 4 members (excludes halogenated alkanes) is 5. The van der Waals surface area contributed by atoms with Gasteiger partial charge in [-0.2, -0.15) is 4.33 Å². The van der Waals surface area contributed by atoms with E-state index in [1.807, 2.05) is 0 Å². The van der Waals surface area contributed by atoms with Crippen LogP contribution in [0.2, 0.25) is 0 Å². The Morgan fingerprint density at radius 1 is 0.768 bits per heavy atom. The standard InChI is InChI=1S/C49H56N4O12S2.2Na/c1-4-6-8-14-32-18-23-42(33(26-32)15-9-7-5-2)62-25-13-12-24-50-49(57)40-30-43(38-16-10-11-17-39(38)47(40)55)63-36-21-19-35(20-22-36)52-53-46-44(66-65-64-58)28-34-27-37(67(59,60)61)29-41(51-31(3)54)45(34)48(46)56;;/h10-11,16-23,26-30,52-53,55-56,58H,4-9,12-15,24-25H2,1-3H3,(H,50,57)(H,51,54)(H,59,60,61);;/q;2*+1/p-2. The fourth-order valence-corrected chi connectivity index (χ4v) is 8.61. The Kier molecular flexibility index (Phi) is 23.2. The molecule has 0 bridgehead atoms. The van der Waals surface area contributed by atoms with Crippen LogP contribution in [0.4, 0.5) is 17.1 Å². The van der Waals surface area contributed by atoms with Gasteiger partial charge in [0.1, 0.15) is 38.8 Å². The van der Waals surface area contributed by atoms with Gasteiger partial charge in [-0.25, -0.2) is 8.42 Å². The Hall–Kier alpha value is -4.28. The summed E-state index contributed by atoms with van der Waals surface area (Å²) in [5.41, 5.74) is 8.60. The van der Waals surface area contributed by atoms with Crippen LogP contribution >= 0.6 is 12.0 Å². The van der Waals surface area contributed by atoms with Gasteiger partial charge in [0.2, 0.25) is 5.91 Å². The van der Waals surface area contributed by atoms with Gasteiger partial charge >= 0.3 is 59.1 Å². The molecule has 0 aliphatic heterocycles. The molecular weight excluding hydrogens is 947 g/mol. The van der Waals surface area contributed by atoms with Crippen LogP contribution in [0.15, 0.2) is 101 Å². The number of hydrazine groups is 1.